The Morgan fingerprint density at radius 1 is 1.07 bits per heavy atom. The van der Waals surface area contributed by atoms with Crippen molar-refractivity contribution in [3.63, 3.8) is 0 Å². The fourth-order valence-corrected chi connectivity index (χ4v) is 8.62. The standard InChI is InChI=1S/C32H38N2O6S5.K/c1-24(12-14-25-16-19-33(17-6-8-20-43-40-39-35)27-11-5-4-10-26(25)27)13-15-32-34(18-7-9-21-45(36,37)38)28-22-30(41-2)31(42-3)23-29(28)44-32;/h4-5,10-16,19,22-23H,6-9,17-18,20-21H2,1-3H3,(H-,35,36,37,38);/q;+1/p-1. The number of benzene rings is 2. The van der Waals surface area contributed by atoms with Gasteiger partial charge in [-0.3, -0.25) is 5.04 Å². The first-order valence-corrected chi connectivity index (χ1v) is 20.2. The first kappa shape index (κ1) is 40.1. The zero-order valence-corrected chi connectivity index (χ0v) is 33.7. The quantitative estimate of drug-likeness (QED) is 0.0231. The van der Waals surface area contributed by atoms with Crippen molar-refractivity contribution in [1.82, 2.24) is 0 Å². The van der Waals surface area contributed by atoms with Crippen LogP contribution < -0.4 is 66.1 Å². The van der Waals surface area contributed by atoms with Crippen LogP contribution in [0.4, 0.5) is 5.69 Å². The fraction of sp³-hybridized carbons (Fsp3) is 0.344. The topological polar surface area (TPSA) is 106 Å². The summed E-state index contributed by atoms with van der Waals surface area (Å²) in [5, 5.41) is 15.6. The Morgan fingerprint density at radius 2 is 1.83 bits per heavy atom. The fourth-order valence-electron chi connectivity index (χ4n) is 4.96. The van der Waals surface area contributed by atoms with Crippen LogP contribution in [0.25, 0.3) is 17.0 Å². The van der Waals surface area contributed by atoms with Crippen molar-refractivity contribution < 1.29 is 83.6 Å². The van der Waals surface area contributed by atoms with Crippen molar-refractivity contribution in [3.05, 3.63) is 83.1 Å². The molecule has 0 saturated carbocycles. The van der Waals surface area contributed by atoms with E-state index < -0.39 is 10.1 Å². The smallest absolute Gasteiger partial charge is 0.748 e. The molecule has 1 aromatic heterocycles. The molecule has 0 radical (unpaired) electrons. The molecule has 0 amide bonds. The van der Waals surface area contributed by atoms with E-state index in [0.29, 0.717) is 25.1 Å². The Morgan fingerprint density at radius 3 is 2.57 bits per heavy atom. The third-order valence-corrected chi connectivity index (χ3v) is 11.4. The normalized spacial score (nSPS) is 14.4. The molecule has 0 atom stereocenters. The number of rotatable bonds is 17. The van der Waals surface area contributed by atoms with Gasteiger partial charge in [-0.1, -0.05) is 47.7 Å². The number of hydrogen-bond acceptors (Lipinski definition) is 11. The third-order valence-electron chi connectivity index (χ3n) is 7.19. The number of nitrogens with zero attached hydrogens (tertiary/aromatic N) is 2. The monoisotopic (exact) mass is 744 g/mol. The van der Waals surface area contributed by atoms with E-state index >= 15 is 0 Å². The van der Waals surface area contributed by atoms with Gasteiger partial charge in [-0.25, -0.2) is 8.42 Å². The van der Waals surface area contributed by atoms with E-state index in [9.17, 15) is 18.2 Å². The van der Waals surface area contributed by atoms with Crippen molar-refractivity contribution in [2.24, 2.45) is 0 Å². The number of para-hydroxylation sites is 1. The summed E-state index contributed by atoms with van der Waals surface area (Å²) in [4.78, 5) is 5.86. The molecule has 1 aliphatic heterocycles. The molecule has 0 unspecified atom stereocenters. The second-order valence-electron chi connectivity index (χ2n) is 10.3. The summed E-state index contributed by atoms with van der Waals surface area (Å²) in [7, 11) is -4.22. The van der Waals surface area contributed by atoms with E-state index in [1.54, 1.807) is 35.3 Å². The third kappa shape index (κ3) is 11.9. The Labute approximate surface area is 332 Å². The van der Waals surface area contributed by atoms with Crippen LogP contribution in [0.15, 0.2) is 92.2 Å². The van der Waals surface area contributed by atoms with Gasteiger partial charge in [0, 0.05) is 63.3 Å². The van der Waals surface area contributed by atoms with Crippen LogP contribution in [0, 0.1) is 0 Å². The van der Waals surface area contributed by atoms with Gasteiger partial charge in [0.25, 0.3) is 0 Å². The molecule has 2 heterocycles. The molecule has 14 heteroatoms. The minimum atomic E-state index is -4.22. The predicted molar refractivity (Wildman–Crippen MR) is 186 cm³/mol. The molecule has 0 saturated heterocycles. The SMILES string of the molecule is CSc1cc2c(cc1SC)N(CCCCS(=O)(=O)[O-])C(=CC=C(C)C=Cc1cc[n+](CCCCSOO[O-])c3ccccc13)S2.[K+]. The molecule has 2 aromatic carbocycles. The first-order valence-electron chi connectivity index (χ1n) is 14.4. The van der Waals surface area contributed by atoms with Gasteiger partial charge in [-0.15, -0.1) is 23.5 Å². The van der Waals surface area contributed by atoms with E-state index in [2.05, 4.69) is 105 Å². The number of allylic oxidation sites excluding steroid dienone is 4. The molecule has 0 spiro atoms. The predicted octanol–water partition coefficient (Wildman–Crippen LogP) is 3.97. The molecule has 8 nitrogen and oxygen atoms in total. The van der Waals surface area contributed by atoms with Crippen LogP contribution in [0.3, 0.4) is 0 Å². The average Bonchev–Trinajstić information content (AvgIpc) is 3.37. The van der Waals surface area contributed by atoms with Gasteiger partial charge < -0.3 is 14.7 Å². The van der Waals surface area contributed by atoms with Crippen LogP contribution in [0.2, 0.25) is 0 Å². The Balaban J connectivity index is 0.00000576. The van der Waals surface area contributed by atoms with Crippen LogP contribution in [-0.2, 0) is 26.0 Å². The number of fused-ring (bicyclic) bond motifs is 2. The Bertz CT molecular complexity index is 1670. The molecule has 0 aliphatic carbocycles. The van der Waals surface area contributed by atoms with Gasteiger partial charge in [0.2, 0.25) is 5.52 Å². The molecule has 0 fully saturated rings. The first-order chi connectivity index (χ1) is 21.7. The average molecular weight is 745 g/mol. The maximum absolute atomic E-state index is 11.1. The summed E-state index contributed by atoms with van der Waals surface area (Å²) in [6.45, 7) is 3.57. The van der Waals surface area contributed by atoms with Crippen LogP contribution in [-0.4, -0.2) is 43.5 Å². The van der Waals surface area contributed by atoms with E-state index in [1.807, 2.05) is 6.07 Å². The van der Waals surface area contributed by atoms with Crippen molar-refractivity contribution >= 4 is 80.1 Å². The number of anilines is 1. The summed E-state index contributed by atoms with van der Waals surface area (Å²) in [5.74, 6) is 0.350. The summed E-state index contributed by atoms with van der Waals surface area (Å²) in [5.41, 5.74) is 4.50. The summed E-state index contributed by atoms with van der Waals surface area (Å²) in [6, 6.07) is 14.9. The van der Waals surface area contributed by atoms with E-state index in [-0.39, 0.29) is 57.1 Å². The molecule has 0 bridgehead atoms. The Hall–Kier alpha value is -0.304. The molecule has 1 aliphatic rings. The second kappa shape index (κ2) is 20.4. The molecule has 242 valence electrons. The van der Waals surface area contributed by atoms with E-state index in [1.165, 1.54) is 20.1 Å². The minimum Gasteiger partial charge on any atom is -0.748 e. The zero-order chi connectivity index (χ0) is 32.2. The number of unbranched alkanes of at least 4 members (excludes halogenated alkanes) is 2. The Kier molecular flexibility index (Phi) is 17.8. The van der Waals surface area contributed by atoms with Crippen LogP contribution >= 0.6 is 47.3 Å². The largest absolute Gasteiger partial charge is 1.00 e. The van der Waals surface area contributed by atoms with Gasteiger partial charge >= 0.3 is 51.4 Å². The summed E-state index contributed by atoms with van der Waals surface area (Å²) < 4.78 is 40.0. The van der Waals surface area contributed by atoms with Gasteiger partial charge in [0.05, 0.1) is 26.2 Å². The van der Waals surface area contributed by atoms with E-state index in [0.717, 1.165) is 58.8 Å². The number of aromatic nitrogens is 1. The van der Waals surface area contributed by atoms with Gasteiger partial charge in [-0.2, -0.15) is 8.90 Å². The van der Waals surface area contributed by atoms with Crippen LogP contribution in [0.1, 0.15) is 38.2 Å². The minimum absolute atomic E-state index is 0. The summed E-state index contributed by atoms with van der Waals surface area (Å²) >= 11 is 6.18. The maximum atomic E-state index is 11.1. The molecular weight excluding hydrogens is 708 g/mol. The maximum Gasteiger partial charge on any atom is 1.00 e. The molecular formula is C32H37KN2O6S5. The molecule has 46 heavy (non-hydrogen) atoms. The number of hydrogen-bond donors (Lipinski definition) is 0. The number of aryl methyl sites for hydroxylation is 1. The molecule has 0 N–H and O–H groups in total. The number of pyridine rings is 1. The van der Waals surface area contributed by atoms with Gasteiger partial charge in [0.1, 0.15) is 6.54 Å². The van der Waals surface area contributed by atoms with Crippen molar-refractivity contribution in [2.45, 2.75) is 53.8 Å². The zero-order valence-electron chi connectivity index (χ0n) is 26.5. The van der Waals surface area contributed by atoms with Gasteiger partial charge in [-0.05, 0) is 68.5 Å². The number of thioether (sulfide) groups is 3. The van der Waals surface area contributed by atoms with Gasteiger partial charge in [0.15, 0.2) is 6.20 Å². The van der Waals surface area contributed by atoms with Crippen molar-refractivity contribution in [3.8, 4) is 0 Å². The van der Waals surface area contributed by atoms with Crippen LogP contribution in [0.5, 0.6) is 0 Å². The van der Waals surface area contributed by atoms with Crippen molar-refractivity contribution in [2.75, 3.05) is 35.5 Å². The molecule has 4 rings (SSSR count). The molecule has 3 aromatic rings. The van der Waals surface area contributed by atoms with E-state index in [4.69, 9.17) is 0 Å². The second-order valence-corrected chi connectivity index (χ2v) is 15.4. The summed E-state index contributed by atoms with van der Waals surface area (Å²) in [6.07, 6.45) is 17.5. The van der Waals surface area contributed by atoms with Crippen molar-refractivity contribution in [1.29, 1.82) is 0 Å².